The normalized spacial score (nSPS) is 14.6. The van der Waals surface area contributed by atoms with Crippen molar-refractivity contribution in [2.75, 3.05) is 12.3 Å². The number of nitrogens with one attached hydrogen (secondary N) is 1. The first-order valence-electron chi connectivity index (χ1n) is 9.41. The number of aromatic nitrogens is 2. The summed E-state index contributed by atoms with van der Waals surface area (Å²) in [5.74, 6) is 0.730. The summed E-state index contributed by atoms with van der Waals surface area (Å²) >= 11 is 1.27. The van der Waals surface area contributed by atoms with Crippen LogP contribution < -0.4 is 5.32 Å². The summed E-state index contributed by atoms with van der Waals surface area (Å²) in [5.41, 5.74) is 4.61. The van der Waals surface area contributed by atoms with E-state index in [0.717, 1.165) is 29.5 Å². The van der Waals surface area contributed by atoms with Gasteiger partial charge in [0.25, 0.3) is 5.22 Å². The molecule has 5 nitrogen and oxygen atoms in total. The lowest BCUT2D eigenvalue weighted by Gasteiger charge is -2.16. The monoisotopic (exact) mass is 393 g/mol. The molecule has 1 saturated carbocycles. The van der Waals surface area contributed by atoms with Gasteiger partial charge in [-0.15, -0.1) is 10.2 Å². The number of carbonyl (C=O) groups is 1. The zero-order valence-electron chi connectivity index (χ0n) is 16.1. The minimum Gasteiger partial charge on any atom is -0.411 e. The summed E-state index contributed by atoms with van der Waals surface area (Å²) in [6, 6.07) is 16.5. The predicted octanol–water partition coefficient (Wildman–Crippen LogP) is 4.29. The lowest BCUT2D eigenvalue weighted by Crippen LogP contribution is -2.33. The molecule has 1 fully saturated rings. The zero-order valence-corrected chi connectivity index (χ0v) is 16.9. The van der Waals surface area contributed by atoms with E-state index in [2.05, 4.69) is 45.8 Å². The Hall–Kier alpha value is -2.60. The molecule has 1 heterocycles. The van der Waals surface area contributed by atoms with Crippen LogP contribution >= 0.6 is 11.8 Å². The Bertz CT molecular complexity index is 960. The SMILES string of the molecule is Cc1cc(C)cc(-c2nnc(SCC(=O)NCC3(c4ccccc4)CC3)o2)c1. The van der Waals surface area contributed by atoms with Crippen LogP contribution in [0, 0.1) is 13.8 Å². The van der Waals surface area contributed by atoms with Crippen molar-refractivity contribution in [1.29, 1.82) is 0 Å². The molecule has 1 aliphatic rings. The first kappa shape index (κ1) is 18.7. The number of amides is 1. The van der Waals surface area contributed by atoms with Crippen LogP contribution in [0.15, 0.2) is 58.2 Å². The van der Waals surface area contributed by atoms with E-state index in [9.17, 15) is 4.79 Å². The summed E-state index contributed by atoms with van der Waals surface area (Å²) in [7, 11) is 0. The molecule has 0 aliphatic heterocycles. The fourth-order valence-electron chi connectivity index (χ4n) is 3.44. The van der Waals surface area contributed by atoms with Crippen LogP contribution in [-0.2, 0) is 10.2 Å². The van der Waals surface area contributed by atoms with Crippen LogP contribution in [0.3, 0.4) is 0 Å². The van der Waals surface area contributed by atoms with Crippen molar-refractivity contribution in [3.05, 3.63) is 65.2 Å². The van der Waals surface area contributed by atoms with E-state index in [1.54, 1.807) is 0 Å². The molecule has 0 unspecified atom stereocenters. The number of aryl methyl sites for hydroxylation is 2. The van der Waals surface area contributed by atoms with Gasteiger partial charge in [-0.1, -0.05) is 59.3 Å². The second kappa shape index (κ2) is 7.80. The van der Waals surface area contributed by atoms with Gasteiger partial charge < -0.3 is 9.73 Å². The van der Waals surface area contributed by atoms with E-state index in [1.807, 2.05) is 32.0 Å². The topological polar surface area (TPSA) is 68.0 Å². The van der Waals surface area contributed by atoms with Crippen molar-refractivity contribution in [2.24, 2.45) is 0 Å². The summed E-state index contributed by atoms with van der Waals surface area (Å²) in [6.07, 6.45) is 2.24. The fourth-order valence-corrected chi connectivity index (χ4v) is 4.03. The van der Waals surface area contributed by atoms with Crippen molar-refractivity contribution >= 4 is 17.7 Å². The van der Waals surface area contributed by atoms with Gasteiger partial charge in [0.1, 0.15) is 0 Å². The third-order valence-electron chi connectivity index (χ3n) is 5.07. The highest BCUT2D eigenvalue weighted by Gasteiger charge is 2.44. The molecule has 144 valence electrons. The van der Waals surface area contributed by atoms with Crippen LogP contribution in [0.1, 0.15) is 29.5 Å². The Morgan fingerprint density at radius 3 is 2.50 bits per heavy atom. The Morgan fingerprint density at radius 2 is 1.82 bits per heavy atom. The van der Waals surface area contributed by atoms with Crippen LogP contribution in [0.25, 0.3) is 11.5 Å². The number of hydrogen-bond acceptors (Lipinski definition) is 5. The van der Waals surface area contributed by atoms with Crippen molar-refractivity contribution in [3.8, 4) is 11.5 Å². The first-order valence-corrected chi connectivity index (χ1v) is 10.4. The molecule has 4 rings (SSSR count). The third-order valence-corrected chi connectivity index (χ3v) is 5.88. The number of hydrogen-bond donors (Lipinski definition) is 1. The average molecular weight is 394 g/mol. The van der Waals surface area contributed by atoms with Crippen molar-refractivity contribution in [2.45, 2.75) is 37.3 Å². The van der Waals surface area contributed by atoms with Gasteiger partial charge in [-0.05, 0) is 44.4 Å². The van der Waals surface area contributed by atoms with Crippen molar-refractivity contribution < 1.29 is 9.21 Å². The highest BCUT2D eigenvalue weighted by molar-refractivity contribution is 7.99. The van der Waals surface area contributed by atoms with E-state index in [1.165, 1.54) is 17.3 Å². The number of thioether (sulfide) groups is 1. The Labute approximate surface area is 168 Å². The fraction of sp³-hybridized carbons (Fsp3) is 0.318. The van der Waals surface area contributed by atoms with Gasteiger partial charge >= 0.3 is 0 Å². The van der Waals surface area contributed by atoms with Gasteiger partial charge in [-0.3, -0.25) is 4.79 Å². The van der Waals surface area contributed by atoms with Crippen LogP contribution in [0.4, 0.5) is 0 Å². The van der Waals surface area contributed by atoms with Crippen molar-refractivity contribution in [3.63, 3.8) is 0 Å². The minimum atomic E-state index is -0.0154. The van der Waals surface area contributed by atoms with Crippen LogP contribution in [-0.4, -0.2) is 28.4 Å². The molecular weight excluding hydrogens is 370 g/mol. The molecule has 2 aromatic carbocycles. The summed E-state index contributed by atoms with van der Waals surface area (Å²) < 4.78 is 5.72. The van der Waals surface area contributed by atoms with E-state index in [4.69, 9.17) is 4.42 Å². The Balaban J connectivity index is 1.30. The molecule has 1 aromatic heterocycles. The maximum Gasteiger partial charge on any atom is 0.277 e. The zero-order chi connectivity index (χ0) is 19.6. The molecule has 0 radical (unpaired) electrons. The molecule has 3 aromatic rings. The Morgan fingerprint density at radius 1 is 1.11 bits per heavy atom. The van der Waals surface area contributed by atoms with Gasteiger partial charge in [0.15, 0.2) is 0 Å². The molecule has 6 heteroatoms. The number of carbonyl (C=O) groups excluding carboxylic acids is 1. The molecule has 1 amide bonds. The number of nitrogens with zero attached hydrogens (tertiary/aromatic N) is 2. The maximum absolute atomic E-state index is 12.3. The first-order chi connectivity index (χ1) is 13.5. The molecule has 0 saturated heterocycles. The summed E-state index contributed by atoms with van der Waals surface area (Å²) in [4.78, 5) is 12.3. The molecule has 0 bridgehead atoms. The molecule has 1 N–H and O–H groups in total. The molecule has 1 aliphatic carbocycles. The second-order valence-electron chi connectivity index (χ2n) is 7.46. The molecule has 0 atom stereocenters. The predicted molar refractivity (Wildman–Crippen MR) is 110 cm³/mol. The number of rotatable bonds is 7. The van der Waals surface area contributed by atoms with E-state index in [-0.39, 0.29) is 17.1 Å². The largest absolute Gasteiger partial charge is 0.411 e. The second-order valence-corrected chi connectivity index (χ2v) is 8.39. The van der Waals surface area contributed by atoms with Crippen LogP contribution in [0.5, 0.6) is 0 Å². The average Bonchev–Trinajstić information content (AvgIpc) is 3.33. The van der Waals surface area contributed by atoms with Gasteiger partial charge in [-0.2, -0.15) is 0 Å². The summed E-state index contributed by atoms with van der Waals surface area (Å²) in [6.45, 7) is 4.75. The highest BCUT2D eigenvalue weighted by Crippen LogP contribution is 2.47. The minimum absolute atomic E-state index is 0.0154. The van der Waals surface area contributed by atoms with Crippen LogP contribution in [0.2, 0.25) is 0 Å². The van der Waals surface area contributed by atoms with Gasteiger partial charge in [0.05, 0.1) is 5.75 Å². The smallest absolute Gasteiger partial charge is 0.277 e. The number of benzene rings is 2. The van der Waals surface area contributed by atoms with E-state index < -0.39 is 0 Å². The van der Waals surface area contributed by atoms with Gasteiger partial charge in [-0.25, -0.2) is 0 Å². The van der Waals surface area contributed by atoms with E-state index >= 15 is 0 Å². The standard InChI is InChI=1S/C22H23N3O2S/c1-15-10-16(2)12-17(11-15)20-24-25-21(27-20)28-13-19(26)23-14-22(8-9-22)18-6-4-3-5-7-18/h3-7,10-12H,8-9,13-14H2,1-2H3,(H,23,26). The van der Waals surface area contributed by atoms with E-state index in [0.29, 0.717) is 17.7 Å². The Kier molecular flexibility index (Phi) is 5.22. The lowest BCUT2D eigenvalue weighted by atomic mass is 9.96. The molecule has 0 spiro atoms. The quantitative estimate of drug-likeness (QED) is 0.607. The molecular formula is C22H23N3O2S. The van der Waals surface area contributed by atoms with Gasteiger partial charge in [0.2, 0.25) is 11.8 Å². The summed E-state index contributed by atoms with van der Waals surface area (Å²) in [5, 5.41) is 11.6. The highest BCUT2D eigenvalue weighted by atomic mass is 32.2. The third kappa shape index (κ3) is 4.28. The lowest BCUT2D eigenvalue weighted by molar-refractivity contribution is -0.118. The van der Waals surface area contributed by atoms with Crippen molar-refractivity contribution in [1.82, 2.24) is 15.5 Å². The molecule has 28 heavy (non-hydrogen) atoms. The maximum atomic E-state index is 12.3. The van der Waals surface area contributed by atoms with Gasteiger partial charge in [0, 0.05) is 17.5 Å².